The Labute approximate surface area is 164 Å². The van der Waals surface area contributed by atoms with Gasteiger partial charge in [0, 0.05) is 23.4 Å². The molecule has 0 radical (unpaired) electrons. The van der Waals surface area contributed by atoms with Crippen molar-refractivity contribution in [3.8, 4) is 5.69 Å². The number of nitrogens with zero attached hydrogens (tertiary/aromatic N) is 2. The summed E-state index contributed by atoms with van der Waals surface area (Å²) in [6.45, 7) is 0.978. The molecule has 0 atom stereocenters. The van der Waals surface area contributed by atoms with Crippen LogP contribution in [0.25, 0.3) is 5.69 Å². The van der Waals surface area contributed by atoms with Crippen LogP contribution < -0.4 is 5.56 Å². The molecule has 0 fully saturated rings. The van der Waals surface area contributed by atoms with Gasteiger partial charge in [0.2, 0.25) is 17.7 Å². The van der Waals surface area contributed by atoms with E-state index in [4.69, 9.17) is 0 Å². The van der Waals surface area contributed by atoms with Gasteiger partial charge in [0.15, 0.2) is 23.3 Å². The fourth-order valence-corrected chi connectivity index (χ4v) is 2.78. The monoisotopic (exact) mass is 455 g/mol. The normalized spacial score (nSPS) is 11.8. The molecule has 0 aliphatic carbocycles. The molecule has 0 spiro atoms. The fourth-order valence-electron chi connectivity index (χ4n) is 2.78. The quantitative estimate of drug-likeness (QED) is 0.282. The molecular weight excluding hydrogens is 449 g/mol. The van der Waals surface area contributed by atoms with Crippen molar-refractivity contribution in [3.05, 3.63) is 80.0 Å². The van der Waals surface area contributed by atoms with Crippen molar-refractivity contribution >= 4 is 5.78 Å². The maximum atomic E-state index is 14.2. The van der Waals surface area contributed by atoms with Crippen molar-refractivity contribution in [3.63, 3.8) is 0 Å². The third-order valence-electron chi connectivity index (χ3n) is 4.07. The Morgan fingerprint density at radius 3 is 1.87 bits per heavy atom. The summed E-state index contributed by atoms with van der Waals surface area (Å²) < 4.78 is 120. The average Bonchev–Trinajstić information content (AvgIpc) is 2.92. The van der Waals surface area contributed by atoms with E-state index in [9.17, 15) is 49.1 Å². The van der Waals surface area contributed by atoms with Gasteiger partial charge in [0.25, 0.3) is 5.56 Å². The number of alkyl halides is 3. The summed E-state index contributed by atoms with van der Waals surface area (Å²) in [5.74, 6) is -15.1. The summed E-state index contributed by atoms with van der Waals surface area (Å²) in [6.07, 6.45) is -5.80. The number of halogens is 9. The van der Waals surface area contributed by atoms with E-state index >= 15 is 0 Å². The molecule has 2 heterocycles. The van der Waals surface area contributed by atoms with E-state index in [-0.39, 0.29) is 4.68 Å². The number of aromatic amines is 1. The van der Waals surface area contributed by atoms with Crippen LogP contribution in [-0.2, 0) is 6.18 Å². The van der Waals surface area contributed by atoms with Crippen LogP contribution in [0, 0.1) is 42.1 Å². The van der Waals surface area contributed by atoms with Gasteiger partial charge in [-0.15, -0.1) is 0 Å². The number of nitrogens with one attached hydrogen (secondary N) is 1. The topological polar surface area (TPSA) is 67.8 Å². The summed E-state index contributed by atoms with van der Waals surface area (Å²) in [5.41, 5.74) is -8.60. The largest absolute Gasteiger partial charge is 0.422 e. The number of ketones is 1. The smallest absolute Gasteiger partial charge is 0.294 e. The lowest BCUT2D eigenvalue weighted by molar-refractivity contribution is -0.143. The third-order valence-corrected chi connectivity index (χ3v) is 4.07. The van der Waals surface area contributed by atoms with Crippen molar-refractivity contribution < 1.29 is 44.3 Å². The molecule has 5 nitrogen and oxygen atoms in total. The van der Waals surface area contributed by atoms with Gasteiger partial charge < -0.3 is 0 Å². The van der Waals surface area contributed by atoms with Crippen molar-refractivity contribution in [1.29, 1.82) is 0 Å². The molecule has 14 heteroatoms. The minimum atomic E-state index is -5.80. The highest BCUT2D eigenvalue weighted by Crippen LogP contribution is 2.37. The van der Waals surface area contributed by atoms with Crippen molar-refractivity contribution in [2.45, 2.75) is 13.1 Å². The molecule has 31 heavy (non-hydrogen) atoms. The van der Waals surface area contributed by atoms with Crippen molar-refractivity contribution in [2.24, 2.45) is 0 Å². The van der Waals surface area contributed by atoms with Gasteiger partial charge in [-0.05, 0) is 6.92 Å². The zero-order valence-corrected chi connectivity index (χ0v) is 14.8. The molecule has 2 aromatic heterocycles. The summed E-state index contributed by atoms with van der Waals surface area (Å²) in [7, 11) is 0. The lowest BCUT2D eigenvalue weighted by Crippen LogP contribution is -2.25. The van der Waals surface area contributed by atoms with E-state index in [2.05, 4.69) is 4.98 Å². The second-order valence-corrected chi connectivity index (χ2v) is 6.06. The van der Waals surface area contributed by atoms with Gasteiger partial charge >= 0.3 is 6.18 Å². The van der Waals surface area contributed by atoms with Gasteiger partial charge in [0.05, 0.1) is 0 Å². The van der Waals surface area contributed by atoms with Crippen LogP contribution in [0.15, 0.2) is 16.9 Å². The molecule has 3 aromatic rings. The van der Waals surface area contributed by atoms with E-state index in [0.717, 1.165) is 6.92 Å². The number of pyridine rings is 1. The van der Waals surface area contributed by atoms with Gasteiger partial charge in [0.1, 0.15) is 16.8 Å². The molecule has 0 saturated heterocycles. The molecular formula is C17H6F9N3O2. The van der Waals surface area contributed by atoms with Crippen molar-refractivity contribution in [2.75, 3.05) is 0 Å². The lowest BCUT2D eigenvalue weighted by Gasteiger charge is -2.14. The molecule has 0 aliphatic heterocycles. The maximum Gasteiger partial charge on any atom is 0.422 e. The van der Waals surface area contributed by atoms with E-state index < -0.39 is 80.8 Å². The van der Waals surface area contributed by atoms with Crippen LogP contribution in [-0.4, -0.2) is 20.5 Å². The Kier molecular flexibility index (Phi) is 5.19. The molecule has 0 amide bonds. The van der Waals surface area contributed by atoms with E-state index in [1.54, 1.807) is 0 Å². The van der Waals surface area contributed by atoms with Gasteiger partial charge in [-0.3, -0.25) is 14.7 Å². The zero-order chi connectivity index (χ0) is 23.4. The summed E-state index contributed by atoms with van der Waals surface area (Å²) in [6, 6.07) is 0.862. The lowest BCUT2D eigenvalue weighted by atomic mass is 10.1. The number of carbonyl (C=O) groups is 1. The summed E-state index contributed by atoms with van der Waals surface area (Å²) in [5, 5.41) is 1.89. The summed E-state index contributed by atoms with van der Waals surface area (Å²) >= 11 is 0. The van der Waals surface area contributed by atoms with Crippen molar-refractivity contribution in [1.82, 2.24) is 14.8 Å². The SMILES string of the molecule is Cc1[nH]n(-c2c(F)c(F)c(C(F)(F)F)c(F)c2F)c(=O)c1C(=O)c1cc(F)nc(F)c1. The number of H-pyrrole nitrogens is 1. The molecule has 0 bridgehead atoms. The number of hydrogen-bond acceptors (Lipinski definition) is 3. The number of aromatic nitrogens is 3. The van der Waals surface area contributed by atoms with Gasteiger partial charge in [-0.25, -0.2) is 22.2 Å². The first kappa shape index (κ1) is 22.1. The highest BCUT2D eigenvalue weighted by atomic mass is 19.4. The number of carbonyl (C=O) groups excluding carboxylic acids is 1. The molecule has 164 valence electrons. The second kappa shape index (κ2) is 7.28. The van der Waals surface area contributed by atoms with E-state index in [1.165, 1.54) is 0 Å². The van der Waals surface area contributed by atoms with Gasteiger partial charge in [-0.2, -0.15) is 26.9 Å². The summed E-state index contributed by atoms with van der Waals surface area (Å²) in [4.78, 5) is 27.7. The third kappa shape index (κ3) is 3.57. The number of hydrogen-bond donors (Lipinski definition) is 1. The highest BCUT2D eigenvalue weighted by Gasteiger charge is 2.43. The van der Waals surface area contributed by atoms with Crippen LogP contribution in [0.2, 0.25) is 0 Å². The number of rotatable bonds is 3. The fraction of sp³-hybridized carbons (Fsp3) is 0.118. The number of aryl methyl sites for hydroxylation is 1. The first-order valence-corrected chi connectivity index (χ1v) is 7.88. The first-order chi connectivity index (χ1) is 14.3. The Balaban J connectivity index is 2.26. The Morgan fingerprint density at radius 1 is 0.935 bits per heavy atom. The molecule has 0 unspecified atom stereocenters. The Hall–Kier alpha value is -3.58. The predicted octanol–water partition coefficient (Wildman–Crippen LogP) is 3.95. The predicted molar refractivity (Wildman–Crippen MR) is 83.5 cm³/mol. The minimum Gasteiger partial charge on any atom is -0.294 e. The molecule has 0 aliphatic rings. The standard InChI is InChI=1S/C17H6F9N3O2/c1-4-8(15(30)5-2-6(18)27-7(19)3-5)16(31)29(28-4)14-12(22)10(20)9(17(24,25)26)11(21)13(14)23/h2-3,28H,1H3. The van der Waals surface area contributed by atoms with Crippen LogP contribution in [0.5, 0.6) is 0 Å². The maximum absolute atomic E-state index is 14.2. The van der Waals surface area contributed by atoms with Crippen LogP contribution in [0.1, 0.15) is 27.2 Å². The molecule has 3 rings (SSSR count). The second-order valence-electron chi connectivity index (χ2n) is 6.06. The Morgan fingerprint density at radius 2 is 1.42 bits per heavy atom. The highest BCUT2D eigenvalue weighted by molar-refractivity contribution is 6.09. The van der Waals surface area contributed by atoms with E-state index in [1.807, 2.05) is 5.10 Å². The average molecular weight is 455 g/mol. The van der Waals surface area contributed by atoms with Crippen LogP contribution in [0.4, 0.5) is 39.5 Å². The molecule has 1 aromatic carbocycles. The number of benzene rings is 1. The van der Waals surface area contributed by atoms with Crippen LogP contribution in [0.3, 0.4) is 0 Å². The zero-order valence-electron chi connectivity index (χ0n) is 14.8. The molecule has 0 saturated carbocycles. The van der Waals surface area contributed by atoms with E-state index in [0.29, 0.717) is 12.1 Å². The minimum absolute atomic E-state index is 0.243. The first-order valence-electron chi connectivity index (χ1n) is 7.88. The van der Waals surface area contributed by atoms with Gasteiger partial charge in [-0.1, -0.05) is 0 Å². The molecule has 1 N–H and O–H groups in total. The Bertz CT molecular complexity index is 1240. The van der Waals surface area contributed by atoms with Crippen LogP contribution >= 0.6 is 0 Å².